The summed E-state index contributed by atoms with van der Waals surface area (Å²) in [6.45, 7) is 0. The van der Waals surface area contributed by atoms with Crippen LogP contribution in [0, 0.1) is 0 Å². The van der Waals surface area contributed by atoms with Gasteiger partial charge in [0.25, 0.3) is 0 Å². The van der Waals surface area contributed by atoms with Crippen molar-refractivity contribution in [2.75, 3.05) is 5.73 Å². The minimum atomic E-state index is 0.497. The van der Waals surface area contributed by atoms with Crippen molar-refractivity contribution in [3.8, 4) is 0 Å². The fourth-order valence-electron chi connectivity index (χ4n) is 1.50. The molecule has 0 fully saturated rings. The number of pyridine rings is 1. The fourth-order valence-corrected chi connectivity index (χ4v) is 3.37. The van der Waals surface area contributed by atoms with Gasteiger partial charge in [0.2, 0.25) is 5.13 Å². The number of rotatable bonds is 3. The van der Waals surface area contributed by atoms with E-state index in [1.807, 2.05) is 28.9 Å². The molecule has 0 atom stereocenters. The number of aromatic nitrogens is 4. The number of halogens is 1. The lowest BCUT2D eigenvalue weighted by Crippen LogP contribution is -1.80. The van der Waals surface area contributed by atoms with E-state index in [0.29, 0.717) is 5.13 Å². The molecule has 3 rings (SSSR count). The first-order valence-corrected chi connectivity index (χ1v) is 7.65. The first-order valence-electron chi connectivity index (χ1n) is 5.05. The molecule has 0 spiro atoms. The number of hydrogen-bond donors (Lipinski definition) is 1. The Bertz CT molecular complexity index is 692. The summed E-state index contributed by atoms with van der Waals surface area (Å²) in [5, 5.41) is 8.24. The van der Waals surface area contributed by atoms with Gasteiger partial charge in [0, 0.05) is 22.6 Å². The van der Waals surface area contributed by atoms with Crippen molar-refractivity contribution < 1.29 is 0 Å². The van der Waals surface area contributed by atoms with Gasteiger partial charge in [-0.2, -0.15) is 0 Å². The lowest BCUT2D eigenvalue weighted by molar-refractivity contribution is 1.02. The standard InChI is InChI=1S/C10H8BrN5S2/c11-6-1-2-8-13-7(4-16(8)3-6)5-17-10-15-14-9(12)18-10/h1-4H,5H2,(H2,12,14). The highest BCUT2D eigenvalue weighted by Crippen LogP contribution is 2.26. The number of nitrogens with zero attached hydrogens (tertiary/aromatic N) is 4. The van der Waals surface area contributed by atoms with Crippen LogP contribution in [-0.4, -0.2) is 19.6 Å². The van der Waals surface area contributed by atoms with Crippen molar-refractivity contribution in [1.29, 1.82) is 0 Å². The predicted molar refractivity (Wildman–Crippen MR) is 76.8 cm³/mol. The second-order valence-corrected chi connectivity index (χ2v) is 6.69. The Kier molecular flexibility index (Phi) is 3.23. The zero-order chi connectivity index (χ0) is 12.5. The predicted octanol–water partition coefficient (Wildman–Crippen LogP) is 2.82. The van der Waals surface area contributed by atoms with Gasteiger partial charge < -0.3 is 10.1 Å². The van der Waals surface area contributed by atoms with E-state index in [9.17, 15) is 0 Å². The first kappa shape index (κ1) is 11.9. The van der Waals surface area contributed by atoms with Gasteiger partial charge in [0.05, 0.1) is 5.69 Å². The Balaban J connectivity index is 1.78. The second kappa shape index (κ2) is 4.87. The molecule has 0 aliphatic heterocycles. The smallest absolute Gasteiger partial charge is 0.203 e. The quantitative estimate of drug-likeness (QED) is 0.741. The van der Waals surface area contributed by atoms with Gasteiger partial charge in [-0.15, -0.1) is 10.2 Å². The molecule has 3 aromatic heterocycles. The van der Waals surface area contributed by atoms with Crippen LogP contribution < -0.4 is 5.73 Å². The molecule has 8 heteroatoms. The van der Waals surface area contributed by atoms with E-state index in [1.54, 1.807) is 11.8 Å². The van der Waals surface area contributed by atoms with Crippen LogP contribution in [0.1, 0.15) is 5.69 Å². The van der Waals surface area contributed by atoms with E-state index in [4.69, 9.17) is 5.73 Å². The van der Waals surface area contributed by atoms with Crippen molar-refractivity contribution >= 4 is 49.8 Å². The summed E-state index contributed by atoms with van der Waals surface area (Å²) in [5.41, 5.74) is 7.47. The molecule has 2 N–H and O–H groups in total. The molecule has 0 bridgehead atoms. The van der Waals surface area contributed by atoms with Crippen molar-refractivity contribution in [3.63, 3.8) is 0 Å². The van der Waals surface area contributed by atoms with Crippen molar-refractivity contribution in [2.45, 2.75) is 10.1 Å². The van der Waals surface area contributed by atoms with Crippen LogP contribution in [0.15, 0.2) is 33.3 Å². The minimum Gasteiger partial charge on any atom is -0.374 e. The third kappa shape index (κ3) is 2.50. The molecule has 18 heavy (non-hydrogen) atoms. The third-order valence-electron chi connectivity index (χ3n) is 2.23. The van der Waals surface area contributed by atoms with Crippen LogP contribution in [0.25, 0.3) is 5.65 Å². The van der Waals surface area contributed by atoms with E-state index >= 15 is 0 Å². The topological polar surface area (TPSA) is 69.1 Å². The molecule has 5 nitrogen and oxygen atoms in total. The number of fused-ring (bicyclic) bond motifs is 1. The Hall–Kier alpha value is -1.12. The van der Waals surface area contributed by atoms with E-state index < -0.39 is 0 Å². The third-order valence-corrected chi connectivity index (χ3v) is 4.62. The molecule has 0 saturated heterocycles. The second-order valence-electron chi connectivity index (χ2n) is 3.54. The first-order chi connectivity index (χ1) is 8.70. The van der Waals surface area contributed by atoms with Gasteiger partial charge in [0.15, 0.2) is 4.34 Å². The van der Waals surface area contributed by atoms with Crippen molar-refractivity contribution in [3.05, 3.63) is 34.7 Å². The SMILES string of the molecule is Nc1nnc(SCc2cn3cc(Br)ccc3n2)s1. The molecule has 0 aromatic carbocycles. The van der Waals surface area contributed by atoms with Gasteiger partial charge in [-0.1, -0.05) is 23.1 Å². The zero-order valence-electron chi connectivity index (χ0n) is 9.08. The Morgan fingerprint density at radius 1 is 1.33 bits per heavy atom. The molecule has 0 aliphatic carbocycles. The average molecular weight is 342 g/mol. The van der Waals surface area contributed by atoms with E-state index in [0.717, 1.165) is 25.9 Å². The molecule has 3 aromatic rings. The number of nitrogen functional groups attached to an aromatic ring is 1. The van der Waals surface area contributed by atoms with E-state index in [2.05, 4.69) is 31.1 Å². The van der Waals surface area contributed by atoms with Crippen LogP contribution in [0.2, 0.25) is 0 Å². The normalized spacial score (nSPS) is 11.2. The molecule has 0 aliphatic rings. The highest BCUT2D eigenvalue weighted by molar-refractivity contribution is 9.10. The molecule has 92 valence electrons. The molecular formula is C10H8BrN5S2. The lowest BCUT2D eigenvalue weighted by atomic mass is 10.5. The highest BCUT2D eigenvalue weighted by Gasteiger charge is 2.06. The van der Waals surface area contributed by atoms with Gasteiger partial charge in [-0.25, -0.2) is 4.98 Å². The number of hydrogen-bond acceptors (Lipinski definition) is 6. The number of thioether (sulfide) groups is 1. The molecule has 0 unspecified atom stereocenters. The molecule has 0 radical (unpaired) electrons. The van der Waals surface area contributed by atoms with Crippen molar-refractivity contribution in [1.82, 2.24) is 19.6 Å². The maximum atomic E-state index is 5.53. The van der Waals surface area contributed by atoms with Crippen molar-refractivity contribution in [2.24, 2.45) is 0 Å². The summed E-state index contributed by atoms with van der Waals surface area (Å²) in [6, 6.07) is 3.95. The summed E-state index contributed by atoms with van der Waals surface area (Å²) < 4.78 is 3.89. The fraction of sp³-hybridized carbons (Fsp3) is 0.100. The zero-order valence-corrected chi connectivity index (χ0v) is 12.3. The van der Waals surface area contributed by atoms with Crippen LogP contribution in [0.5, 0.6) is 0 Å². The molecule has 0 amide bonds. The number of anilines is 1. The summed E-state index contributed by atoms with van der Waals surface area (Å²) in [4.78, 5) is 4.52. The summed E-state index contributed by atoms with van der Waals surface area (Å²) in [5.74, 6) is 0.758. The molecule has 3 heterocycles. The number of nitrogens with two attached hydrogens (primary N) is 1. The maximum Gasteiger partial charge on any atom is 0.203 e. The minimum absolute atomic E-state index is 0.497. The van der Waals surface area contributed by atoms with Gasteiger partial charge in [0.1, 0.15) is 5.65 Å². The molecular weight excluding hydrogens is 334 g/mol. The van der Waals surface area contributed by atoms with E-state index in [-0.39, 0.29) is 0 Å². The van der Waals surface area contributed by atoms with Gasteiger partial charge in [-0.3, -0.25) is 0 Å². The van der Waals surface area contributed by atoms with Gasteiger partial charge in [-0.05, 0) is 28.1 Å². The highest BCUT2D eigenvalue weighted by atomic mass is 79.9. The summed E-state index contributed by atoms with van der Waals surface area (Å²) >= 11 is 6.42. The van der Waals surface area contributed by atoms with E-state index in [1.165, 1.54) is 11.3 Å². The summed E-state index contributed by atoms with van der Waals surface area (Å²) in [6.07, 6.45) is 4.00. The summed E-state index contributed by atoms with van der Waals surface area (Å²) in [7, 11) is 0. The average Bonchev–Trinajstić information content (AvgIpc) is 2.92. The van der Waals surface area contributed by atoms with Crippen LogP contribution in [-0.2, 0) is 5.75 Å². The van der Waals surface area contributed by atoms with Crippen LogP contribution in [0.3, 0.4) is 0 Å². The Morgan fingerprint density at radius 3 is 3.00 bits per heavy atom. The maximum absolute atomic E-state index is 5.53. The Morgan fingerprint density at radius 2 is 2.22 bits per heavy atom. The Labute approximate surface area is 120 Å². The monoisotopic (exact) mass is 341 g/mol. The van der Waals surface area contributed by atoms with Crippen LogP contribution in [0.4, 0.5) is 5.13 Å². The van der Waals surface area contributed by atoms with Gasteiger partial charge >= 0.3 is 0 Å². The lowest BCUT2D eigenvalue weighted by Gasteiger charge is -1.91. The largest absolute Gasteiger partial charge is 0.374 e. The molecule has 0 saturated carbocycles. The number of imidazole rings is 1. The van der Waals surface area contributed by atoms with Crippen LogP contribution >= 0.6 is 39.0 Å².